The lowest BCUT2D eigenvalue weighted by atomic mass is 9.99. The lowest BCUT2D eigenvalue weighted by Crippen LogP contribution is -2.44. The number of aldehydes is 1. The molecule has 2 aromatic rings. The fourth-order valence-corrected chi connectivity index (χ4v) is 4.21. The van der Waals surface area contributed by atoms with Crippen molar-refractivity contribution in [1.82, 2.24) is 19.4 Å². The number of hydrogen-bond donors (Lipinski definition) is 0. The van der Waals surface area contributed by atoms with Crippen LogP contribution in [0.2, 0.25) is 0 Å². The standard InChI is InChI=1S/C23H32N4O5S/c1-21(2,3)31-19(29)27(20(30)32-22(4,5)6)10-7-8-16-12-23(16,14-28)17-13-26(15-25-17)18-24-9-11-33-18/h9,11,13-16H,7-8,10,12H2,1-6H3. The molecule has 2 amide bonds. The van der Waals surface area contributed by atoms with Crippen molar-refractivity contribution in [1.29, 1.82) is 0 Å². The average Bonchev–Trinajstić information content (AvgIpc) is 3.05. The van der Waals surface area contributed by atoms with Gasteiger partial charge in [0.25, 0.3) is 0 Å². The van der Waals surface area contributed by atoms with Crippen LogP contribution in [0.25, 0.3) is 5.13 Å². The Balaban J connectivity index is 1.63. The smallest absolute Gasteiger partial charge is 0.419 e. The second-order valence-corrected chi connectivity index (χ2v) is 11.2. The van der Waals surface area contributed by atoms with Crippen LogP contribution < -0.4 is 0 Å². The summed E-state index contributed by atoms with van der Waals surface area (Å²) in [7, 11) is 0. The van der Waals surface area contributed by atoms with Gasteiger partial charge < -0.3 is 14.3 Å². The number of rotatable bonds is 7. The summed E-state index contributed by atoms with van der Waals surface area (Å²) in [5, 5.41) is 2.67. The number of ether oxygens (including phenoxy) is 2. The van der Waals surface area contributed by atoms with Crippen LogP contribution in [-0.2, 0) is 19.7 Å². The van der Waals surface area contributed by atoms with Gasteiger partial charge in [0.2, 0.25) is 0 Å². The molecule has 2 aromatic heterocycles. The summed E-state index contributed by atoms with van der Waals surface area (Å²) < 4.78 is 12.6. The van der Waals surface area contributed by atoms with Crippen molar-refractivity contribution in [2.24, 2.45) is 5.92 Å². The predicted molar refractivity (Wildman–Crippen MR) is 123 cm³/mol. The fraction of sp³-hybridized carbons (Fsp3) is 0.609. The molecule has 2 heterocycles. The van der Waals surface area contributed by atoms with E-state index in [0.717, 1.165) is 16.3 Å². The van der Waals surface area contributed by atoms with Gasteiger partial charge in [0.05, 0.1) is 11.1 Å². The first-order chi connectivity index (χ1) is 15.3. The van der Waals surface area contributed by atoms with Crippen LogP contribution in [0.1, 0.15) is 66.5 Å². The number of thiazole rings is 1. The zero-order chi connectivity index (χ0) is 24.4. The molecule has 1 aliphatic rings. The minimum atomic E-state index is -0.739. The summed E-state index contributed by atoms with van der Waals surface area (Å²) in [6.45, 7) is 10.6. The summed E-state index contributed by atoms with van der Waals surface area (Å²) in [5.74, 6) is 0.0915. The molecule has 0 spiro atoms. The summed E-state index contributed by atoms with van der Waals surface area (Å²) >= 11 is 1.49. The number of carbonyl (C=O) groups excluding carboxylic acids is 3. The van der Waals surface area contributed by atoms with Crippen molar-refractivity contribution in [3.63, 3.8) is 0 Å². The highest BCUT2D eigenvalue weighted by Gasteiger charge is 2.56. The van der Waals surface area contributed by atoms with Crippen LogP contribution in [0, 0.1) is 5.92 Å². The first kappa shape index (κ1) is 24.9. The Morgan fingerprint density at radius 1 is 1.18 bits per heavy atom. The molecule has 0 aromatic carbocycles. The second-order valence-electron chi connectivity index (χ2n) is 10.3. The van der Waals surface area contributed by atoms with Crippen molar-refractivity contribution in [3.05, 3.63) is 29.8 Å². The lowest BCUT2D eigenvalue weighted by Gasteiger charge is -2.28. The normalized spacial score (nSPS) is 20.2. The van der Waals surface area contributed by atoms with E-state index in [1.807, 2.05) is 16.1 Å². The maximum absolute atomic E-state index is 12.6. The Kier molecular flexibility index (Phi) is 6.97. The van der Waals surface area contributed by atoms with E-state index in [1.165, 1.54) is 11.3 Å². The van der Waals surface area contributed by atoms with Gasteiger partial charge in [-0.05, 0) is 66.7 Å². The van der Waals surface area contributed by atoms with Gasteiger partial charge in [-0.15, -0.1) is 11.3 Å². The van der Waals surface area contributed by atoms with Gasteiger partial charge in [-0.3, -0.25) is 4.57 Å². The molecule has 10 heteroatoms. The minimum absolute atomic E-state index is 0.0915. The van der Waals surface area contributed by atoms with E-state index in [0.29, 0.717) is 25.0 Å². The summed E-state index contributed by atoms with van der Waals surface area (Å²) in [5.41, 5.74) is -1.40. The molecular formula is C23H32N4O5S. The topological polar surface area (TPSA) is 104 Å². The first-order valence-electron chi connectivity index (χ1n) is 11.0. The van der Waals surface area contributed by atoms with Crippen molar-refractivity contribution in [3.8, 4) is 5.13 Å². The average molecular weight is 477 g/mol. The zero-order valence-corrected chi connectivity index (χ0v) is 20.8. The highest BCUT2D eigenvalue weighted by Crippen LogP contribution is 2.54. The van der Waals surface area contributed by atoms with Crippen molar-refractivity contribution >= 4 is 29.8 Å². The van der Waals surface area contributed by atoms with Crippen LogP contribution in [-0.4, -0.2) is 55.7 Å². The van der Waals surface area contributed by atoms with E-state index in [1.54, 1.807) is 54.1 Å². The van der Waals surface area contributed by atoms with Gasteiger partial charge in [-0.25, -0.2) is 24.5 Å². The molecule has 33 heavy (non-hydrogen) atoms. The highest BCUT2D eigenvalue weighted by atomic mass is 32.1. The maximum atomic E-state index is 12.6. The molecular weight excluding hydrogens is 444 g/mol. The number of nitrogens with zero attached hydrogens (tertiary/aromatic N) is 4. The number of amides is 2. The summed E-state index contributed by atoms with van der Waals surface area (Å²) in [6, 6.07) is 0. The van der Waals surface area contributed by atoms with Gasteiger partial charge in [-0.2, -0.15) is 0 Å². The Bertz CT molecular complexity index is 961. The molecule has 180 valence electrons. The van der Waals surface area contributed by atoms with Gasteiger partial charge in [0, 0.05) is 24.3 Å². The maximum Gasteiger partial charge on any atom is 0.419 e. The molecule has 0 aliphatic heterocycles. The minimum Gasteiger partial charge on any atom is -0.443 e. The largest absolute Gasteiger partial charge is 0.443 e. The predicted octanol–water partition coefficient (Wildman–Crippen LogP) is 4.74. The van der Waals surface area contributed by atoms with E-state index >= 15 is 0 Å². The molecule has 0 bridgehead atoms. The quantitative estimate of drug-likeness (QED) is 0.532. The lowest BCUT2D eigenvalue weighted by molar-refractivity contribution is -0.110. The Morgan fingerprint density at radius 2 is 1.82 bits per heavy atom. The van der Waals surface area contributed by atoms with Crippen LogP contribution in [0.3, 0.4) is 0 Å². The van der Waals surface area contributed by atoms with E-state index in [9.17, 15) is 14.4 Å². The van der Waals surface area contributed by atoms with E-state index < -0.39 is 28.8 Å². The van der Waals surface area contributed by atoms with Crippen LogP contribution >= 0.6 is 11.3 Å². The number of imide groups is 1. The monoisotopic (exact) mass is 476 g/mol. The van der Waals surface area contributed by atoms with Gasteiger partial charge in [0.1, 0.15) is 23.8 Å². The molecule has 2 unspecified atom stereocenters. The zero-order valence-electron chi connectivity index (χ0n) is 20.0. The molecule has 0 saturated heterocycles. The molecule has 1 saturated carbocycles. The third-order valence-electron chi connectivity index (χ3n) is 5.22. The number of carbonyl (C=O) groups is 3. The van der Waals surface area contributed by atoms with Gasteiger partial charge >= 0.3 is 12.2 Å². The van der Waals surface area contributed by atoms with Crippen LogP contribution in [0.4, 0.5) is 9.59 Å². The first-order valence-corrected chi connectivity index (χ1v) is 11.9. The molecule has 9 nitrogen and oxygen atoms in total. The Morgan fingerprint density at radius 3 is 2.33 bits per heavy atom. The van der Waals surface area contributed by atoms with Gasteiger partial charge in [0.15, 0.2) is 5.13 Å². The summed E-state index contributed by atoms with van der Waals surface area (Å²) in [6.07, 6.45) is 6.58. The van der Waals surface area contributed by atoms with E-state index in [2.05, 4.69) is 9.97 Å². The second kappa shape index (κ2) is 9.24. The molecule has 1 aliphatic carbocycles. The third-order valence-corrected chi connectivity index (χ3v) is 6.01. The van der Waals surface area contributed by atoms with E-state index in [4.69, 9.17) is 9.47 Å². The van der Waals surface area contributed by atoms with Crippen molar-refractivity contribution < 1.29 is 23.9 Å². The Hall–Kier alpha value is -2.75. The van der Waals surface area contributed by atoms with Crippen molar-refractivity contribution in [2.75, 3.05) is 6.54 Å². The molecule has 0 radical (unpaired) electrons. The van der Waals surface area contributed by atoms with Crippen molar-refractivity contribution in [2.45, 2.75) is 77.4 Å². The number of hydrogen-bond acceptors (Lipinski definition) is 8. The number of imidazole rings is 1. The molecule has 2 atom stereocenters. The number of aromatic nitrogens is 3. The molecule has 1 fully saturated rings. The molecule has 3 rings (SSSR count). The van der Waals surface area contributed by atoms with E-state index in [-0.39, 0.29) is 12.5 Å². The van der Waals surface area contributed by atoms with Crippen LogP contribution in [0.15, 0.2) is 24.1 Å². The SMILES string of the molecule is CC(C)(C)OC(=O)N(CCCC1CC1(C=O)c1cn(-c2nccs2)cn1)C(=O)OC(C)(C)C. The fourth-order valence-electron chi connectivity index (χ4n) is 3.63. The third kappa shape index (κ3) is 6.19. The summed E-state index contributed by atoms with van der Waals surface area (Å²) in [4.78, 5) is 47.0. The highest BCUT2D eigenvalue weighted by molar-refractivity contribution is 7.12. The van der Waals surface area contributed by atoms with Gasteiger partial charge in [-0.1, -0.05) is 0 Å². The molecule has 0 N–H and O–H groups in total. The Labute approximate surface area is 198 Å². The van der Waals surface area contributed by atoms with Crippen LogP contribution in [0.5, 0.6) is 0 Å².